The quantitative estimate of drug-likeness (QED) is 0.259. The predicted octanol–water partition coefficient (Wildman–Crippen LogP) is 3.41. The molecule has 1 saturated carbocycles. The number of aromatic amines is 1. The first-order valence-electron chi connectivity index (χ1n) is 13.0. The van der Waals surface area contributed by atoms with Gasteiger partial charge in [-0.3, -0.25) is 14.3 Å². The second-order valence-electron chi connectivity index (χ2n) is 9.52. The lowest BCUT2D eigenvalue weighted by Crippen LogP contribution is -2.41. The number of H-pyrrole nitrogens is 1. The number of benzene rings is 3. The van der Waals surface area contributed by atoms with Gasteiger partial charge < -0.3 is 14.2 Å². The highest BCUT2D eigenvalue weighted by atomic mass is 16.6. The van der Waals surface area contributed by atoms with E-state index in [0.717, 1.165) is 0 Å². The molecule has 3 aromatic carbocycles. The van der Waals surface area contributed by atoms with Crippen LogP contribution in [0, 0.1) is 5.92 Å². The first-order chi connectivity index (χ1) is 19.9. The van der Waals surface area contributed by atoms with Crippen molar-refractivity contribution in [1.29, 1.82) is 0 Å². The van der Waals surface area contributed by atoms with Crippen molar-refractivity contribution in [3.05, 3.63) is 141 Å². The van der Waals surface area contributed by atoms with Crippen LogP contribution in [0.25, 0.3) is 0 Å². The van der Waals surface area contributed by atoms with Crippen molar-refractivity contribution >= 4 is 17.9 Å². The maximum absolute atomic E-state index is 13.2. The monoisotopic (exact) mass is 554 g/mol. The molecule has 5 rings (SSSR count). The van der Waals surface area contributed by atoms with Gasteiger partial charge in [0.05, 0.1) is 29.3 Å². The fraction of sp³-hybridized carbons (Fsp3) is 0.194. The molecule has 4 aromatic rings. The molecular formula is C31H26N2O8. The van der Waals surface area contributed by atoms with Gasteiger partial charge in [-0.05, 0) is 42.8 Å². The van der Waals surface area contributed by atoms with Crippen LogP contribution in [-0.4, -0.2) is 46.3 Å². The Balaban J connectivity index is 1.50. The molecule has 0 radical (unpaired) electrons. The highest BCUT2D eigenvalue weighted by Crippen LogP contribution is 2.40. The van der Waals surface area contributed by atoms with Gasteiger partial charge in [-0.1, -0.05) is 54.6 Å². The Hall–Kier alpha value is -5.25. The van der Waals surface area contributed by atoms with Gasteiger partial charge in [-0.25, -0.2) is 19.2 Å². The molecule has 0 amide bonds. The van der Waals surface area contributed by atoms with Crippen molar-refractivity contribution in [2.75, 3.05) is 6.61 Å². The van der Waals surface area contributed by atoms with Crippen molar-refractivity contribution < 1.29 is 28.6 Å². The van der Waals surface area contributed by atoms with Gasteiger partial charge in [-0.2, -0.15) is 0 Å². The van der Waals surface area contributed by atoms with E-state index in [-0.39, 0.29) is 24.2 Å². The Labute approximate surface area is 234 Å². The van der Waals surface area contributed by atoms with E-state index in [2.05, 4.69) is 4.98 Å². The Kier molecular flexibility index (Phi) is 8.19. The molecule has 4 atom stereocenters. The normalized spacial score (nSPS) is 19.7. The number of nitrogens with one attached hydrogen (secondary N) is 1. The van der Waals surface area contributed by atoms with Crippen LogP contribution in [0.15, 0.2) is 113 Å². The van der Waals surface area contributed by atoms with E-state index < -0.39 is 53.3 Å². The molecule has 1 aliphatic rings. The molecule has 1 aromatic heterocycles. The topological polar surface area (TPSA) is 134 Å². The van der Waals surface area contributed by atoms with E-state index in [1.165, 1.54) is 16.8 Å². The number of nitrogens with zero attached hydrogens (tertiary/aromatic N) is 1. The van der Waals surface area contributed by atoms with Gasteiger partial charge in [0.2, 0.25) is 0 Å². The molecule has 0 saturated heterocycles. The fourth-order valence-corrected chi connectivity index (χ4v) is 4.87. The third-order valence-corrected chi connectivity index (χ3v) is 6.86. The summed E-state index contributed by atoms with van der Waals surface area (Å²) in [5.41, 5.74) is -0.456. The second kappa shape index (κ2) is 12.3. The summed E-state index contributed by atoms with van der Waals surface area (Å²) >= 11 is 0. The summed E-state index contributed by atoms with van der Waals surface area (Å²) in [6.07, 6.45) is -0.820. The summed E-state index contributed by atoms with van der Waals surface area (Å²) in [6, 6.07) is 25.2. The van der Waals surface area contributed by atoms with Crippen molar-refractivity contribution in [2.45, 2.75) is 24.7 Å². The molecule has 1 fully saturated rings. The highest BCUT2D eigenvalue weighted by Gasteiger charge is 2.50. The third-order valence-electron chi connectivity index (χ3n) is 6.86. The van der Waals surface area contributed by atoms with Crippen molar-refractivity contribution in [3.8, 4) is 0 Å². The number of ether oxygens (including phenoxy) is 3. The summed E-state index contributed by atoms with van der Waals surface area (Å²) in [4.78, 5) is 65.9. The first kappa shape index (κ1) is 27.3. The van der Waals surface area contributed by atoms with Crippen LogP contribution >= 0.6 is 0 Å². The number of aromatic nitrogens is 2. The maximum atomic E-state index is 13.2. The van der Waals surface area contributed by atoms with E-state index in [1.807, 2.05) is 0 Å². The summed E-state index contributed by atoms with van der Waals surface area (Å²) in [7, 11) is 0. The number of hydrogen-bond donors (Lipinski definition) is 1. The highest BCUT2D eigenvalue weighted by molar-refractivity contribution is 5.91. The largest absolute Gasteiger partial charge is 0.462 e. The average molecular weight is 555 g/mol. The van der Waals surface area contributed by atoms with Gasteiger partial charge in [0.25, 0.3) is 5.56 Å². The smallest absolute Gasteiger partial charge is 0.338 e. The molecule has 0 spiro atoms. The van der Waals surface area contributed by atoms with Crippen LogP contribution in [-0.2, 0) is 14.2 Å². The average Bonchev–Trinajstić information content (AvgIpc) is 3.33. The third kappa shape index (κ3) is 6.33. The van der Waals surface area contributed by atoms with Crippen LogP contribution in [0.5, 0.6) is 0 Å². The van der Waals surface area contributed by atoms with E-state index in [4.69, 9.17) is 14.2 Å². The fourth-order valence-electron chi connectivity index (χ4n) is 4.87. The molecule has 1 N–H and O–H groups in total. The van der Waals surface area contributed by atoms with Gasteiger partial charge in [0, 0.05) is 18.2 Å². The number of esters is 3. The standard InChI is InChI=1S/C31H26N2O8/c34-25-16-17-33(31(38)32-25)24-18-23(19-39-28(35)20-10-4-1-5-11-20)26(40-29(36)21-12-6-2-7-13-21)27(24)41-30(37)22-14-8-3-9-15-22/h1-17,23-24,26-27H,18-19H2,(H,32,34,38). The number of carbonyl (C=O) groups excluding carboxylic acids is 3. The maximum Gasteiger partial charge on any atom is 0.338 e. The number of hydrogen-bond acceptors (Lipinski definition) is 8. The molecule has 10 nitrogen and oxygen atoms in total. The molecule has 1 aliphatic carbocycles. The summed E-state index contributed by atoms with van der Waals surface area (Å²) < 4.78 is 18.6. The van der Waals surface area contributed by atoms with E-state index in [1.54, 1.807) is 91.0 Å². The molecule has 0 aliphatic heterocycles. The minimum absolute atomic E-state index is 0.132. The summed E-state index contributed by atoms with van der Waals surface area (Å²) in [5, 5.41) is 0. The molecule has 1 heterocycles. The zero-order valence-corrected chi connectivity index (χ0v) is 21.8. The Morgan fingerprint density at radius 2 is 1.17 bits per heavy atom. The van der Waals surface area contributed by atoms with Crippen LogP contribution in [0.1, 0.15) is 43.5 Å². The molecule has 0 bridgehead atoms. The Bertz CT molecular complexity index is 1630. The predicted molar refractivity (Wildman–Crippen MR) is 146 cm³/mol. The lowest BCUT2D eigenvalue weighted by atomic mass is 10.1. The van der Waals surface area contributed by atoms with Crippen LogP contribution in [0.2, 0.25) is 0 Å². The zero-order chi connectivity index (χ0) is 28.8. The zero-order valence-electron chi connectivity index (χ0n) is 21.8. The van der Waals surface area contributed by atoms with Crippen molar-refractivity contribution in [1.82, 2.24) is 9.55 Å². The van der Waals surface area contributed by atoms with E-state index >= 15 is 0 Å². The van der Waals surface area contributed by atoms with Crippen LogP contribution in [0.4, 0.5) is 0 Å². The Morgan fingerprint density at radius 1 is 0.683 bits per heavy atom. The van der Waals surface area contributed by atoms with Gasteiger partial charge in [0.15, 0.2) is 6.10 Å². The summed E-state index contributed by atoms with van der Waals surface area (Å²) in [5.74, 6) is -2.61. The van der Waals surface area contributed by atoms with E-state index in [0.29, 0.717) is 5.56 Å². The number of rotatable bonds is 8. The second-order valence-corrected chi connectivity index (χ2v) is 9.52. The molecule has 4 unspecified atom stereocenters. The molecular weight excluding hydrogens is 528 g/mol. The molecule has 41 heavy (non-hydrogen) atoms. The van der Waals surface area contributed by atoms with Crippen molar-refractivity contribution in [2.24, 2.45) is 5.92 Å². The van der Waals surface area contributed by atoms with Crippen molar-refractivity contribution in [3.63, 3.8) is 0 Å². The van der Waals surface area contributed by atoms with Gasteiger partial charge in [-0.15, -0.1) is 0 Å². The SMILES string of the molecule is O=C(OCC1CC(n2ccc(=O)[nH]c2=O)C(OC(=O)c2ccccc2)C1OC(=O)c1ccccc1)c1ccccc1. The number of carbonyl (C=O) groups is 3. The van der Waals surface area contributed by atoms with Gasteiger partial charge in [0.1, 0.15) is 6.10 Å². The van der Waals surface area contributed by atoms with Gasteiger partial charge >= 0.3 is 23.6 Å². The van der Waals surface area contributed by atoms with Crippen LogP contribution < -0.4 is 11.2 Å². The minimum atomic E-state index is -1.15. The lowest BCUT2D eigenvalue weighted by molar-refractivity contribution is -0.0498. The van der Waals surface area contributed by atoms with E-state index in [9.17, 15) is 24.0 Å². The Morgan fingerprint density at radius 3 is 1.68 bits per heavy atom. The first-order valence-corrected chi connectivity index (χ1v) is 13.0. The lowest BCUT2D eigenvalue weighted by Gasteiger charge is -2.27. The van der Waals surface area contributed by atoms with Crippen LogP contribution in [0.3, 0.4) is 0 Å². The summed E-state index contributed by atoms with van der Waals surface area (Å²) in [6.45, 7) is -0.186. The molecule has 208 valence electrons. The molecule has 10 heteroatoms. The minimum Gasteiger partial charge on any atom is -0.462 e.